The molecule has 20 heavy (non-hydrogen) atoms. The van der Waals surface area contributed by atoms with Crippen LogP contribution in [0.3, 0.4) is 0 Å². The van der Waals surface area contributed by atoms with Gasteiger partial charge in [-0.3, -0.25) is 5.32 Å². The second-order valence-corrected chi connectivity index (χ2v) is 4.81. The Balaban J connectivity index is 1.76. The van der Waals surface area contributed by atoms with Crippen LogP contribution in [0.4, 0.5) is 13.2 Å². The van der Waals surface area contributed by atoms with Gasteiger partial charge in [0.1, 0.15) is 24.5 Å². The molecule has 2 heterocycles. The molecule has 1 aromatic rings. The topological polar surface area (TPSA) is 43.0 Å². The van der Waals surface area contributed by atoms with Gasteiger partial charge in [0, 0.05) is 19.2 Å². The van der Waals surface area contributed by atoms with Crippen molar-refractivity contribution < 1.29 is 27.4 Å². The fraction of sp³-hybridized carbons (Fsp3) is 0.538. The summed E-state index contributed by atoms with van der Waals surface area (Å²) in [7, 11) is 1.54. The van der Waals surface area contributed by atoms with E-state index in [2.05, 4.69) is 5.32 Å². The molecule has 1 N–H and O–H groups in total. The van der Waals surface area contributed by atoms with Crippen molar-refractivity contribution >= 4 is 0 Å². The van der Waals surface area contributed by atoms with Gasteiger partial charge in [0.25, 0.3) is 0 Å². The maximum atomic E-state index is 12.7. The first kappa shape index (κ1) is 13.7. The van der Waals surface area contributed by atoms with Crippen LogP contribution in [0, 0.1) is 0 Å². The molecule has 3 rings (SSSR count). The van der Waals surface area contributed by atoms with Crippen LogP contribution in [-0.4, -0.2) is 32.2 Å². The normalized spacial score (nSPS) is 29.3. The van der Waals surface area contributed by atoms with E-state index in [4.69, 9.17) is 14.2 Å². The Hall–Kier alpha value is -1.31. The first-order valence-electron chi connectivity index (χ1n) is 6.23. The molecule has 2 aliphatic heterocycles. The Bertz CT molecular complexity index is 506. The van der Waals surface area contributed by atoms with Gasteiger partial charge in [-0.1, -0.05) is 12.1 Å². The average Bonchev–Trinajstić information content (AvgIpc) is 3.19. The second-order valence-electron chi connectivity index (χ2n) is 4.81. The molecule has 0 saturated carbocycles. The summed E-state index contributed by atoms with van der Waals surface area (Å²) in [5.74, 6) is 0.465. The van der Waals surface area contributed by atoms with Crippen LogP contribution in [0.1, 0.15) is 17.2 Å². The zero-order valence-electron chi connectivity index (χ0n) is 10.7. The number of hydrogen-bond donors (Lipinski definition) is 1. The van der Waals surface area contributed by atoms with Crippen molar-refractivity contribution in [3.05, 3.63) is 29.3 Å². The average molecular weight is 289 g/mol. The van der Waals surface area contributed by atoms with E-state index < -0.39 is 18.8 Å². The Morgan fingerprint density at radius 2 is 2.15 bits per heavy atom. The van der Waals surface area contributed by atoms with E-state index in [1.807, 2.05) is 6.07 Å². The van der Waals surface area contributed by atoms with Crippen molar-refractivity contribution in [2.24, 2.45) is 0 Å². The lowest BCUT2D eigenvalue weighted by molar-refractivity contribution is -0.161. The largest absolute Gasteiger partial charge is 0.491 e. The molecule has 0 spiro atoms. The van der Waals surface area contributed by atoms with Crippen LogP contribution in [0.25, 0.3) is 0 Å². The molecule has 1 saturated heterocycles. The number of methoxy groups -OCH3 is 1. The highest BCUT2D eigenvalue weighted by Gasteiger charge is 2.42. The van der Waals surface area contributed by atoms with Crippen LogP contribution in [-0.2, 0) is 16.0 Å². The van der Waals surface area contributed by atoms with E-state index in [1.165, 1.54) is 0 Å². The summed E-state index contributed by atoms with van der Waals surface area (Å²) in [5, 5.41) is 2.46. The number of halogens is 3. The summed E-state index contributed by atoms with van der Waals surface area (Å²) in [6, 6.07) is 3.65. The zero-order chi connectivity index (χ0) is 14.3. The Morgan fingerprint density at radius 1 is 1.35 bits per heavy atom. The summed E-state index contributed by atoms with van der Waals surface area (Å²) in [4.78, 5) is 0. The van der Waals surface area contributed by atoms with Crippen molar-refractivity contribution in [2.75, 3.05) is 13.7 Å². The van der Waals surface area contributed by atoms with Gasteiger partial charge in [-0.15, -0.1) is 0 Å². The number of fused-ring (bicyclic) bond motifs is 1. The van der Waals surface area contributed by atoms with Crippen molar-refractivity contribution in [1.82, 2.24) is 5.32 Å². The molecule has 4 nitrogen and oxygen atoms in total. The van der Waals surface area contributed by atoms with E-state index in [9.17, 15) is 13.2 Å². The van der Waals surface area contributed by atoms with Crippen LogP contribution in [0.15, 0.2) is 18.2 Å². The van der Waals surface area contributed by atoms with Crippen LogP contribution in [0.2, 0.25) is 0 Å². The molecule has 1 fully saturated rings. The summed E-state index contributed by atoms with van der Waals surface area (Å²) in [5.41, 5.74) is 1.55. The summed E-state index contributed by atoms with van der Waals surface area (Å²) in [6.07, 6.45) is -4.76. The SMILES string of the molecule is COC1OC1c1ccc2c(c1)OC[C@H](C(F)(F)F)NC2. The molecular weight excluding hydrogens is 275 g/mol. The molecule has 0 aromatic heterocycles. The summed E-state index contributed by atoms with van der Waals surface area (Å²) in [6.45, 7) is -0.307. The molecule has 1 aromatic carbocycles. The fourth-order valence-electron chi connectivity index (χ4n) is 2.22. The minimum atomic E-state index is -4.31. The van der Waals surface area contributed by atoms with Crippen molar-refractivity contribution in [1.29, 1.82) is 0 Å². The Morgan fingerprint density at radius 3 is 2.80 bits per heavy atom. The van der Waals surface area contributed by atoms with E-state index in [-0.39, 0.29) is 18.9 Å². The minimum Gasteiger partial charge on any atom is -0.491 e. The van der Waals surface area contributed by atoms with Crippen molar-refractivity contribution in [2.45, 2.75) is 31.2 Å². The van der Waals surface area contributed by atoms with Crippen LogP contribution < -0.4 is 10.1 Å². The number of benzene rings is 1. The lowest BCUT2D eigenvalue weighted by Gasteiger charge is -2.18. The highest BCUT2D eigenvalue weighted by Crippen LogP contribution is 2.41. The van der Waals surface area contributed by atoms with Crippen LogP contribution >= 0.6 is 0 Å². The van der Waals surface area contributed by atoms with E-state index in [0.29, 0.717) is 11.3 Å². The lowest BCUT2D eigenvalue weighted by atomic mass is 10.1. The number of epoxide rings is 1. The van der Waals surface area contributed by atoms with E-state index in [1.54, 1.807) is 19.2 Å². The van der Waals surface area contributed by atoms with Gasteiger partial charge < -0.3 is 14.2 Å². The third-order valence-corrected chi connectivity index (χ3v) is 3.44. The third-order valence-electron chi connectivity index (χ3n) is 3.44. The predicted octanol–water partition coefficient (Wildman–Crippen LogP) is 2.14. The standard InChI is InChI=1S/C13H14F3NO3/c1-18-12-11(20-12)7-2-3-8-5-17-10(13(14,15)16)6-19-9(8)4-7/h2-4,10-12,17H,5-6H2,1H3/t10-,11?,12?/m1/s1. The summed E-state index contributed by atoms with van der Waals surface area (Å²) >= 11 is 0. The minimum absolute atomic E-state index is 0.124. The lowest BCUT2D eigenvalue weighted by Crippen LogP contribution is -2.44. The predicted molar refractivity (Wildman–Crippen MR) is 63.2 cm³/mol. The molecular formula is C13H14F3NO3. The van der Waals surface area contributed by atoms with Gasteiger partial charge in [-0.05, 0) is 11.6 Å². The number of nitrogens with one attached hydrogen (secondary N) is 1. The van der Waals surface area contributed by atoms with Gasteiger partial charge in [-0.25, -0.2) is 0 Å². The molecule has 0 amide bonds. The Labute approximate surface area is 113 Å². The molecule has 0 aliphatic carbocycles. The number of ether oxygens (including phenoxy) is 3. The summed E-state index contributed by atoms with van der Waals surface area (Å²) < 4.78 is 53.6. The van der Waals surface area contributed by atoms with Gasteiger partial charge in [0.2, 0.25) is 0 Å². The number of hydrogen-bond acceptors (Lipinski definition) is 4. The fourth-order valence-corrected chi connectivity index (χ4v) is 2.22. The maximum absolute atomic E-state index is 12.7. The molecule has 110 valence electrons. The second kappa shape index (κ2) is 4.91. The first-order valence-corrected chi connectivity index (χ1v) is 6.23. The van der Waals surface area contributed by atoms with E-state index in [0.717, 1.165) is 5.56 Å². The van der Waals surface area contributed by atoms with Crippen LogP contribution in [0.5, 0.6) is 5.75 Å². The highest BCUT2D eigenvalue weighted by molar-refractivity contribution is 5.40. The van der Waals surface area contributed by atoms with Gasteiger partial charge in [-0.2, -0.15) is 13.2 Å². The monoisotopic (exact) mass is 289 g/mol. The van der Waals surface area contributed by atoms with E-state index >= 15 is 0 Å². The number of rotatable bonds is 2. The van der Waals surface area contributed by atoms with Gasteiger partial charge >= 0.3 is 6.18 Å². The van der Waals surface area contributed by atoms with Crippen molar-refractivity contribution in [3.63, 3.8) is 0 Å². The van der Waals surface area contributed by atoms with Crippen molar-refractivity contribution in [3.8, 4) is 5.75 Å². The first-order chi connectivity index (χ1) is 9.49. The molecule has 2 unspecified atom stereocenters. The highest BCUT2D eigenvalue weighted by atomic mass is 19.4. The molecule has 2 aliphatic rings. The van der Waals surface area contributed by atoms with Gasteiger partial charge in [0.05, 0.1) is 0 Å². The van der Waals surface area contributed by atoms with Gasteiger partial charge in [0.15, 0.2) is 6.29 Å². The Kier molecular flexibility index (Phi) is 3.35. The smallest absolute Gasteiger partial charge is 0.407 e. The molecule has 0 bridgehead atoms. The third kappa shape index (κ3) is 2.61. The molecule has 7 heteroatoms. The molecule has 3 atom stereocenters. The number of alkyl halides is 3. The quantitative estimate of drug-likeness (QED) is 0.847. The molecule has 0 radical (unpaired) electrons. The zero-order valence-corrected chi connectivity index (χ0v) is 10.7. The maximum Gasteiger partial charge on any atom is 0.407 e.